The van der Waals surface area contributed by atoms with Gasteiger partial charge in [0.15, 0.2) is 5.69 Å². The zero-order chi connectivity index (χ0) is 13.2. The van der Waals surface area contributed by atoms with Crippen molar-refractivity contribution in [3.8, 4) is 10.7 Å². The van der Waals surface area contributed by atoms with Crippen LogP contribution in [0, 0.1) is 0 Å². The summed E-state index contributed by atoms with van der Waals surface area (Å²) >= 11 is 1.38. The zero-order valence-corrected chi connectivity index (χ0v) is 11.0. The number of pyridine rings is 1. The number of hydrogen-bond acceptors (Lipinski definition) is 5. The molecule has 3 aromatic rings. The number of fused-ring (bicyclic) bond motifs is 1. The van der Waals surface area contributed by atoms with Crippen molar-refractivity contribution < 1.29 is 9.53 Å². The van der Waals surface area contributed by atoms with Crippen LogP contribution in [-0.4, -0.2) is 23.0 Å². The maximum atomic E-state index is 11.4. The fourth-order valence-electron chi connectivity index (χ4n) is 1.77. The van der Waals surface area contributed by atoms with Crippen LogP contribution in [0.2, 0.25) is 0 Å². The molecule has 0 unspecified atom stereocenters. The third-order valence-corrected chi connectivity index (χ3v) is 3.58. The van der Waals surface area contributed by atoms with Gasteiger partial charge in [0.25, 0.3) is 0 Å². The minimum atomic E-state index is -0.428. The summed E-state index contributed by atoms with van der Waals surface area (Å²) in [6, 6.07) is 11.8. The molecule has 2 aromatic heterocycles. The predicted octanol–water partition coefficient (Wildman–Crippen LogP) is 3.14. The molecule has 0 aliphatic carbocycles. The summed E-state index contributed by atoms with van der Waals surface area (Å²) in [6.45, 7) is 0. The second-order valence-corrected chi connectivity index (χ2v) is 4.78. The second kappa shape index (κ2) is 4.78. The highest BCUT2D eigenvalue weighted by Gasteiger charge is 2.12. The third-order valence-electron chi connectivity index (χ3n) is 2.72. The first-order valence-electron chi connectivity index (χ1n) is 5.68. The minimum Gasteiger partial charge on any atom is -0.464 e. The maximum Gasteiger partial charge on any atom is 0.357 e. The molecule has 0 atom stereocenters. The van der Waals surface area contributed by atoms with Crippen LogP contribution in [0.5, 0.6) is 0 Å². The van der Waals surface area contributed by atoms with Crippen molar-refractivity contribution in [1.29, 1.82) is 0 Å². The molecule has 5 heteroatoms. The van der Waals surface area contributed by atoms with E-state index in [1.165, 1.54) is 18.4 Å². The third kappa shape index (κ3) is 2.20. The lowest BCUT2D eigenvalue weighted by molar-refractivity contribution is 0.0595. The van der Waals surface area contributed by atoms with E-state index in [9.17, 15) is 4.79 Å². The van der Waals surface area contributed by atoms with Crippen LogP contribution in [0.1, 0.15) is 10.5 Å². The fourth-order valence-corrected chi connectivity index (χ4v) is 2.53. The number of para-hydroxylation sites is 1. The Morgan fingerprint density at radius 3 is 2.84 bits per heavy atom. The number of carbonyl (C=O) groups excluding carboxylic acids is 1. The van der Waals surface area contributed by atoms with E-state index in [0.29, 0.717) is 10.7 Å². The number of thiazole rings is 1. The Kier molecular flexibility index (Phi) is 2.97. The molecule has 0 fully saturated rings. The normalized spacial score (nSPS) is 10.6. The molecule has 0 saturated carbocycles. The summed E-state index contributed by atoms with van der Waals surface area (Å²) in [7, 11) is 1.34. The number of rotatable bonds is 2. The van der Waals surface area contributed by atoms with Crippen molar-refractivity contribution in [1.82, 2.24) is 9.97 Å². The van der Waals surface area contributed by atoms with Crippen molar-refractivity contribution >= 4 is 28.2 Å². The first kappa shape index (κ1) is 11.8. The molecule has 4 nitrogen and oxygen atoms in total. The molecule has 94 valence electrons. The van der Waals surface area contributed by atoms with Crippen LogP contribution in [-0.2, 0) is 4.74 Å². The van der Waals surface area contributed by atoms with Crippen LogP contribution in [0.4, 0.5) is 0 Å². The molecule has 0 amide bonds. The van der Waals surface area contributed by atoms with Crippen LogP contribution in [0.15, 0.2) is 41.8 Å². The summed E-state index contributed by atoms with van der Waals surface area (Å²) < 4.78 is 4.64. The summed E-state index contributed by atoms with van der Waals surface area (Å²) in [6.07, 6.45) is 0. The Balaban J connectivity index is 2.04. The molecule has 0 aliphatic heterocycles. The highest BCUT2D eigenvalue weighted by molar-refractivity contribution is 7.13. The standard InChI is InChI=1S/C14H10N2O2S/c1-18-14(17)12-8-19-13(16-12)11-7-6-9-4-2-3-5-10(9)15-11/h2-8H,1H3. The Morgan fingerprint density at radius 2 is 2.00 bits per heavy atom. The average Bonchev–Trinajstić information content (AvgIpc) is 2.95. The van der Waals surface area contributed by atoms with Crippen molar-refractivity contribution in [3.05, 3.63) is 47.5 Å². The second-order valence-electron chi connectivity index (χ2n) is 3.92. The molecular formula is C14H10N2O2S. The summed E-state index contributed by atoms with van der Waals surface area (Å²) in [4.78, 5) is 20.2. The molecular weight excluding hydrogens is 260 g/mol. The van der Waals surface area contributed by atoms with Gasteiger partial charge in [-0.15, -0.1) is 11.3 Å². The molecule has 0 aliphatic rings. The Bertz CT molecular complexity index is 752. The summed E-state index contributed by atoms with van der Waals surface area (Å²) in [5, 5.41) is 3.47. The number of carbonyl (C=O) groups is 1. The van der Waals surface area contributed by atoms with Gasteiger partial charge in [-0.25, -0.2) is 14.8 Å². The highest BCUT2D eigenvalue weighted by atomic mass is 32.1. The number of methoxy groups -OCH3 is 1. The van der Waals surface area contributed by atoms with E-state index >= 15 is 0 Å². The van der Waals surface area contributed by atoms with Gasteiger partial charge >= 0.3 is 5.97 Å². The number of esters is 1. The predicted molar refractivity (Wildman–Crippen MR) is 74.2 cm³/mol. The highest BCUT2D eigenvalue weighted by Crippen LogP contribution is 2.24. The number of nitrogens with zero attached hydrogens (tertiary/aromatic N) is 2. The molecule has 0 N–H and O–H groups in total. The van der Waals surface area contributed by atoms with Gasteiger partial charge in [0.2, 0.25) is 0 Å². The molecule has 0 saturated heterocycles. The largest absolute Gasteiger partial charge is 0.464 e. The van der Waals surface area contributed by atoms with Crippen molar-refractivity contribution in [2.24, 2.45) is 0 Å². The summed E-state index contributed by atoms with van der Waals surface area (Å²) in [5.41, 5.74) is 1.99. The first-order valence-corrected chi connectivity index (χ1v) is 6.56. The Hall–Kier alpha value is -2.27. The average molecular weight is 270 g/mol. The van der Waals surface area contributed by atoms with Crippen molar-refractivity contribution in [3.63, 3.8) is 0 Å². The van der Waals surface area contributed by atoms with Gasteiger partial charge in [0.1, 0.15) is 5.01 Å². The van der Waals surface area contributed by atoms with E-state index in [2.05, 4.69) is 14.7 Å². The van der Waals surface area contributed by atoms with Gasteiger partial charge in [-0.1, -0.05) is 24.3 Å². The maximum absolute atomic E-state index is 11.4. The molecule has 0 radical (unpaired) electrons. The topological polar surface area (TPSA) is 52.1 Å². The van der Waals surface area contributed by atoms with Crippen LogP contribution in [0.25, 0.3) is 21.6 Å². The van der Waals surface area contributed by atoms with Gasteiger partial charge in [-0.2, -0.15) is 0 Å². The number of hydrogen-bond donors (Lipinski definition) is 0. The lowest BCUT2D eigenvalue weighted by Crippen LogP contribution is -2.01. The van der Waals surface area contributed by atoms with Crippen molar-refractivity contribution in [2.75, 3.05) is 7.11 Å². The van der Waals surface area contributed by atoms with Crippen LogP contribution >= 0.6 is 11.3 Å². The Labute approximate surface area is 113 Å². The van der Waals surface area contributed by atoms with Crippen LogP contribution < -0.4 is 0 Å². The Morgan fingerprint density at radius 1 is 1.16 bits per heavy atom. The smallest absolute Gasteiger partial charge is 0.357 e. The first-order chi connectivity index (χ1) is 9.28. The SMILES string of the molecule is COC(=O)c1csc(-c2ccc3ccccc3n2)n1. The van der Waals surface area contributed by atoms with Gasteiger partial charge in [0, 0.05) is 10.8 Å². The zero-order valence-electron chi connectivity index (χ0n) is 10.2. The van der Waals surface area contributed by atoms with E-state index in [4.69, 9.17) is 0 Å². The fraction of sp³-hybridized carbons (Fsp3) is 0.0714. The van der Waals surface area contributed by atoms with Gasteiger partial charge in [-0.3, -0.25) is 0 Å². The van der Waals surface area contributed by atoms with E-state index in [1.54, 1.807) is 5.38 Å². The number of aromatic nitrogens is 2. The molecule has 19 heavy (non-hydrogen) atoms. The lowest BCUT2D eigenvalue weighted by Gasteiger charge is -1.99. The quantitative estimate of drug-likeness (QED) is 0.671. The van der Waals surface area contributed by atoms with E-state index in [-0.39, 0.29) is 0 Å². The van der Waals surface area contributed by atoms with E-state index < -0.39 is 5.97 Å². The molecule has 1 aromatic carbocycles. The van der Waals surface area contributed by atoms with Gasteiger partial charge < -0.3 is 4.74 Å². The van der Waals surface area contributed by atoms with Crippen molar-refractivity contribution in [2.45, 2.75) is 0 Å². The van der Waals surface area contributed by atoms with E-state index in [1.807, 2.05) is 36.4 Å². The molecule has 0 spiro atoms. The summed E-state index contributed by atoms with van der Waals surface area (Å²) in [5.74, 6) is -0.428. The number of benzene rings is 1. The van der Waals surface area contributed by atoms with Crippen LogP contribution in [0.3, 0.4) is 0 Å². The minimum absolute atomic E-state index is 0.317. The monoisotopic (exact) mass is 270 g/mol. The van der Waals surface area contributed by atoms with E-state index in [0.717, 1.165) is 16.6 Å². The van der Waals surface area contributed by atoms with Gasteiger partial charge in [-0.05, 0) is 12.1 Å². The lowest BCUT2D eigenvalue weighted by atomic mass is 10.2. The number of ether oxygens (including phenoxy) is 1. The molecule has 2 heterocycles. The molecule has 0 bridgehead atoms. The molecule has 3 rings (SSSR count). The van der Waals surface area contributed by atoms with Gasteiger partial charge in [0.05, 0.1) is 18.3 Å².